The van der Waals surface area contributed by atoms with E-state index < -0.39 is 0 Å². The summed E-state index contributed by atoms with van der Waals surface area (Å²) in [5.74, 6) is 0.909. The van der Waals surface area contributed by atoms with E-state index in [1.807, 2.05) is 11.0 Å². The van der Waals surface area contributed by atoms with Gasteiger partial charge in [0.05, 0.1) is 37.5 Å². The molecule has 3 aliphatic rings. The maximum atomic E-state index is 12.8. The second kappa shape index (κ2) is 7.55. The van der Waals surface area contributed by atoms with Crippen LogP contribution in [0.5, 0.6) is 0 Å². The van der Waals surface area contributed by atoms with Gasteiger partial charge in [-0.3, -0.25) is 9.69 Å². The molecule has 0 aliphatic carbocycles. The molecular formula is C20H28N2O4. The van der Waals surface area contributed by atoms with Crippen molar-refractivity contribution in [1.29, 1.82) is 0 Å². The van der Waals surface area contributed by atoms with Crippen LogP contribution in [-0.4, -0.2) is 67.3 Å². The molecule has 0 saturated carbocycles. The van der Waals surface area contributed by atoms with Crippen molar-refractivity contribution >= 4 is 5.91 Å². The number of hydrogen-bond donors (Lipinski definition) is 0. The van der Waals surface area contributed by atoms with Crippen LogP contribution in [0.15, 0.2) is 28.4 Å². The fourth-order valence-electron chi connectivity index (χ4n) is 4.09. The lowest BCUT2D eigenvalue weighted by atomic mass is 9.87. The van der Waals surface area contributed by atoms with Gasteiger partial charge in [0.15, 0.2) is 0 Å². The molecule has 4 heterocycles. The number of hydrogen-bond acceptors (Lipinski definition) is 5. The monoisotopic (exact) mass is 360 g/mol. The Hall–Kier alpha value is -1.63. The average molecular weight is 360 g/mol. The standard InChI is InChI=1S/C20H28N2O4/c1-16-2-9-26-20(13-16)3-5-22(6-4-20)19(23)17-12-18(25-15-17)14-21-7-10-24-11-8-21/h12-13,15H,2-11,14H2,1H3. The molecule has 0 atom stereocenters. The fraction of sp³-hybridized carbons (Fsp3) is 0.650. The van der Waals surface area contributed by atoms with Crippen LogP contribution in [0.2, 0.25) is 0 Å². The van der Waals surface area contributed by atoms with Crippen molar-refractivity contribution in [3.63, 3.8) is 0 Å². The van der Waals surface area contributed by atoms with Gasteiger partial charge in [-0.15, -0.1) is 0 Å². The summed E-state index contributed by atoms with van der Waals surface area (Å²) < 4.78 is 17.1. The van der Waals surface area contributed by atoms with E-state index in [-0.39, 0.29) is 11.5 Å². The Kier molecular flexibility index (Phi) is 5.16. The zero-order chi connectivity index (χ0) is 18.0. The van der Waals surface area contributed by atoms with Crippen LogP contribution in [0.3, 0.4) is 0 Å². The largest absolute Gasteiger partial charge is 0.467 e. The third-order valence-electron chi connectivity index (χ3n) is 5.68. The third kappa shape index (κ3) is 3.87. The second-order valence-electron chi connectivity index (χ2n) is 7.64. The van der Waals surface area contributed by atoms with Crippen molar-refractivity contribution in [2.75, 3.05) is 46.0 Å². The van der Waals surface area contributed by atoms with Gasteiger partial charge in [0.1, 0.15) is 12.0 Å². The molecule has 1 aromatic rings. The number of rotatable bonds is 3. The summed E-state index contributed by atoms with van der Waals surface area (Å²) >= 11 is 0. The van der Waals surface area contributed by atoms with Gasteiger partial charge in [-0.1, -0.05) is 11.6 Å². The zero-order valence-corrected chi connectivity index (χ0v) is 15.5. The molecule has 1 spiro atoms. The van der Waals surface area contributed by atoms with Gasteiger partial charge in [0.25, 0.3) is 5.91 Å². The number of amides is 1. The molecule has 26 heavy (non-hydrogen) atoms. The first-order valence-corrected chi connectivity index (χ1v) is 9.63. The predicted octanol–water partition coefficient (Wildman–Crippen LogP) is 2.45. The highest BCUT2D eigenvalue weighted by Crippen LogP contribution is 2.33. The normalized spacial score (nSPS) is 23.9. The van der Waals surface area contributed by atoms with E-state index in [2.05, 4.69) is 17.9 Å². The van der Waals surface area contributed by atoms with Gasteiger partial charge in [0.2, 0.25) is 0 Å². The fourth-order valence-corrected chi connectivity index (χ4v) is 4.09. The number of ether oxygens (including phenoxy) is 2. The maximum absolute atomic E-state index is 12.8. The van der Waals surface area contributed by atoms with Crippen LogP contribution < -0.4 is 0 Å². The minimum absolute atomic E-state index is 0.0633. The molecule has 1 amide bonds. The van der Waals surface area contributed by atoms with Gasteiger partial charge in [-0.05, 0) is 32.3 Å². The molecule has 0 unspecified atom stereocenters. The Balaban J connectivity index is 1.34. The van der Waals surface area contributed by atoms with Crippen LogP contribution in [0, 0.1) is 0 Å². The molecule has 3 aliphatic heterocycles. The van der Waals surface area contributed by atoms with Crippen molar-refractivity contribution in [2.24, 2.45) is 0 Å². The van der Waals surface area contributed by atoms with E-state index in [4.69, 9.17) is 13.9 Å². The lowest BCUT2D eigenvalue weighted by Crippen LogP contribution is -2.48. The molecular weight excluding hydrogens is 332 g/mol. The number of furan rings is 1. The Morgan fingerprint density at radius 3 is 2.65 bits per heavy atom. The zero-order valence-electron chi connectivity index (χ0n) is 15.5. The first kappa shape index (κ1) is 17.8. The minimum Gasteiger partial charge on any atom is -0.467 e. The molecule has 1 aromatic heterocycles. The highest BCUT2D eigenvalue weighted by molar-refractivity contribution is 5.94. The predicted molar refractivity (Wildman–Crippen MR) is 97.0 cm³/mol. The first-order chi connectivity index (χ1) is 12.6. The number of carbonyl (C=O) groups excluding carboxylic acids is 1. The highest BCUT2D eigenvalue weighted by atomic mass is 16.5. The summed E-state index contributed by atoms with van der Waals surface area (Å²) in [6.07, 6.45) is 6.63. The summed E-state index contributed by atoms with van der Waals surface area (Å²) in [5.41, 5.74) is 1.90. The number of likely N-dealkylation sites (tertiary alicyclic amines) is 1. The third-order valence-corrected chi connectivity index (χ3v) is 5.68. The van der Waals surface area contributed by atoms with Crippen molar-refractivity contribution in [1.82, 2.24) is 9.80 Å². The Labute approximate surface area is 154 Å². The second-order valence-corrected chi connectivity index (χ2v) is 7.64. The molecule has 142 valence electrons. The van der Waals surface area contributed by atoms with Crippen LogP contribution in [0.1, 0.15) is 42.3 Å². The van der Waals surface area contributed by atoms with Crippen molar-refractivity contribution in [3.8, 4) is 0 Å². The topological polar surface area (TPSA) is 55.2 Å². The highest BCUT2D eigenvalue weighted by Gasteiger charge is 2.37. The molecule has 0 aromatic carbocycles. The molecule has 0 N–H and O–H groups in total. The van der Waals surface area contributed by atoms with Crippen molar-refractivity contribution in [2.45, 2.75) is 38.3 Å². The summed E-state index contributed by atoms with van der Waals surface area (Å²) in [6.45, 7) is 8.50. The van der Waals surface area contributed by atoms with Gasteiger partial charge in [0, 0.05) is 26.2 Å². The van der Waals surface area contributed by atoms with Crippen LogP contribution in [0.4, 0.5) is 0 Å². The van der Waals surface area contributed by atoms with E-state index in [0.717, 1.165) is 77.6 Å². The van der Waals surface area contributed by atoms with Crippen LogP contribution >= 0.6 is 0 Å². The molecule has 6 nitrogen and oxygen atoms in total. The molecule has 4 rings (SSSR count). The van der Waals surface area contributed by atoms with Gasteiger partial charge >= 0.3 is 0 Å². The van der Waals surface area contributed by atoms with E-state index in [0.29, 0.717) is 5.56 Å². The Morgan fingerprint density at radius 2 is 1.92 bits per heavy atom. The first-order valence-electron chi connectivity index (χ1n) is 9.63. The summed E-state index contributed by atoms with van der Waals surface area (Å²) in [4.78, 5) is 17.0. The lowest BCUT2D eigenvalue weighted by Gasteiger charge is -2.42. The molecule has 2 fully saturated rings. The van der Waals surface area contributed by atoms with Gasteiger partial charge in [-0.25, -0.2) is 0 Å². The van der Waals surface area contributed by atoms with Crippen LogP contribution in [-0.2, 0) is 16.0 Å². The number of morpholine rings is 1. The summed E-state index contributed by atoms with van der Waals surface area (Å²) in [6, 6.07) is 1.89. The van der Waals surface area contributed by atoms with E-state index in [9.17, 15) is 4.79 Å². The van der Waals surface area contributed by atoms with Crippen molar-refractivity contribution < 1.29 is 18.7 Å². The number of piperidine rings is 1. The maximum Gasteiger partial charge on any atom is 0.257 e. The van der Waals surface area contributed by atoms with Crippen LogP contribution in [0.25, 0.3) is 0 Å². The molecule has 0 bridgehead atoms. The number of nitrogens with zero attached hydrogens (tertiary/aromatic N) is 2. The average Bonchev–Trinajstić information content (AvgIpc) is 3.11. The molecule has 6 heteroatoms. The summed E-state index contributed by atoms with van der Waals surface area (Å²) in [7, 11) is 0. The van der Waals surface area contributed by atoms with E-state index >= 15 is 0 Å². The molecule has 0 radical (unpaired) electrons. The van der Waals surface area contributed by atoms with Gasteiger partial charge in [-0.2, -0.15) is 0 Å². The number of carbonyl (C=O) groups is 1. The van der Waals surface area contributed by atoms with E-state index in [1.54, 1.807) is 6.26 Å². The van der Waals surface area contributed by atoms with Gasteiger partial charge < -0.3 is 18.8 Å². The minimum atomic E-state index is -0.156. The smallest absolute Gasteiger partial charge is 0.257 e. The van der Waals surface area contributed by atoms with E-state index in [1.165, 1.54) is 5.57 Å². The quantitative estimate of drug-likeness (QED) is 0.775. The molecule has 2 saturated heterocycles. The summed E-state index contributed by atoms with van der Waals surface area (Å²) in [5, 5.41) is 0. The van der Waals surface area contributed by atoms with Crippen molar-refractivity contribution in [3.05, 3.63) is 35.3 Å². The Morgan fingerprint density at radius 1 is 1.15 bits per heavy atom. The SMILES string of the molecule is CC1=CC2(CCN(C(=O)c3coc(CN4CCOCC4)c3)CC2)OCC1. The Bertz CT molecular complexity index is 667. The lowest BCUT2D eigenvalue weighted by molar-refractivity contribution is -0.0522.